The monoisotopic (exact) mass is 374 g/mol. The number of imide groups is 1. The molecule has 1 aliphatic heterocycles. The van der Waals surface area contributed by atoms with Crippen molar-refractivity contribution in [2.24, 2.45) is 0 Å². The van der Waals surface area contributed by atoms with Gasteiger partial charge in [-0.3, -0.25) is 14.5 Å². The van der Waals surface area contributed by atoms with E-state index in [2.05, 4.69) is 5.32 Å². The molecule has 2 aliphatic rings. The van der Waals surface area contributed by atoms with Crippen molar-refractivity contribution in [3.63, 3.8) is 0 Å². The number of benzene rings is 1. The largest absolute Gasteiger partial charge is 0.490 e. The quantitative estimate of drug-likeness (QED) is 0.429. The number of amides is 3. The maximum Gasteiger partial charge on any atom is 0.325 e. The molecule has 2 fully saturated rings. The summed E-state index contributed by atoms with van der Waals surface area (Å²) in [6, 6.07) is 7.29. The van der Waals surface area contributed by atoms with Crippen molar-refractivity contribution < 1.29 is 23.9 Å². The van der Waals surface area contributed by atoms with Crippen LogP contribution >= 0.6 is 0 Å². The van der Waals surface area contributed by atoms with Gasteiger partial charge in [0.1, 0.15) is 24.5 Å². The lowest BCUT2D eigenvalue weighted by molar-refractivity contribution is -0.144. The van der Waals surface area contributed by atoms with Crippen LogP contribution in [0.3, 0.4) is 0 Å². The summed E-state index contributed by atoms with van der Waals surface area (Å²) in [5, 5.41) is 2.83. The molecule has 1 spiro atoms. The number of rotatable bonds is 8. The van der Waals surface area contributed by atoms with Crippen LogP contribution in [0.1, 0.15) is 44.1 Å². The number of hydrogen-bond acceptors (Lipinski definition) is 5. The number of nitrogens with zero attached hydrogens (tertiary/aromatic N) is 1. The lowest BCUT2D eigenvalue weighted by Gasteiger charge is -2.19. The lowest BCUT2D eigenvalue weighted by atomic mass is 9.98. The average molecular weight is 374 g/mol. The highest BCUT2D eigenvalue weighted by atomic mass is 16.6. The van der Waals surface area contributed by atoms with E-state index < -0.39 is 5.54 Å². The molecule has 1 aromatic rings. The van der Waals surface area contributed by atoms with Gasteiger partial charge in [0.15, 0.2) is 0 Å². The maximum atomic E-state index is 12.5. The summed E-state index contributed by atoms with van der Waals surface area (Å²) in [6.07, 6.45) is 3.88. The summed E-state index contributed by atoms with van der Waals surface area (Å²) in [4.78, 5) is 37.6. The van der Waals surface area contributed by atoms with Gasteiger partial charge in [0.05, 0.1) is 0 Å². The van der Waals surface area contributed by atoms with E-state index in [0.29, 0.717) is 19.3 Å². The van der Waals surface area contributed by atoms with Crippen molar-refractivity contribution in [3.8, 4) is 5.75 Å². The van der Waals surface area contributed by atoms with Gasteiger partial charge in [-0.15, -0.1) is 0 Å². The molecule has 1 heterocycles. The minimum absolute atomic E-state index is 0.148. The van der Waals surface area contributed by atoms with Crippen molar-refractivity contribution in [1.29, 1.82) is 0 Å². The van der Waals surface area contributed by atoms with Gasteiger partial charge in [-0.05, 0) is 38.3 Å². The molecule has 1 saturated heterocycles. The van der Waals surface area contributed by atoms with Gasteiger partial charge in [-0.2, -0.15) is 0 Å². The van der Waals surface area contributed by atoms with Crippen LogP contribution in [-0.2, 0) is 14.3 Å². The molecule has 7 nitrogen and oxygen atoms in total. The van der Waals surface area contributed by atoms with E-state index in [9.17, 15) is 14.4 Å². The van der Waals surface area contributed by atoms with Crippen molar-refractivity contribution >= 4 is 17.9 Å². The second-order valence-electron chi connectivity index (χ2n) is 7.16. The molecule has 146 valence electrons. The van der Waals surface area contributed by atoms with E-state index >= 15 is 0 Å². The molecule has 3 rings (SSSR count). The molecule has 1 N–H and O–H groups in total. The molecule has 0 bridgehead atoms. The van der Waals surface area contributed by atoms with E-state index in [1.54, 1.807) is 0 Å². The molecule has 0 unspecified atom stereocenters. The third-order valence-corrected chi connectivity index (χ3v) is 5.10. The number of carbonyl (C=O) groups excluding carboxylic acids is 3. The molecule has 7 heteroatoms. The fourth-order valence-electron chi connectivity index (χ4n) is 3.60. The third-order valence-electron chi connectivity index (χ3n) is 5.10. The number of esters is 1. The van der Waals surface area contributed by atoms with E-state index in [4.69, 9.17) is 9.47 Å². The first-order valence-electron chi connectivity index (χ1n) is 9.49. The van der Waals surface area contributed by atoms with Gasteiger partial charge in [0.2, 0.25) is 0 Å². The summed E-state index contributed by atoms with van der Waals surface area (Å²) in [5.41, 5.74) is 0.461. The first-order valence-corrected chi connectivity index (χ1v) is 9.49. The van der Waals surface area contributed by atoms with Gasteiger partial charge in [-0.25, -0.2) is 4.79 Å². The standard InChI is InChI=1S/C20H26N2O5/c1-15-6-8-16(9-7-15)26-13-14-27-17(23)5-4-12-22-18(24)20(21-19(22)25)10-2-3-11-20/h6-9H,2-5,10-14H2,1H3,(H,21,25). The topological polar surface area (TPSA) is 84.9 Å². The van der Waals surface area contributed by atoms with E-state index in [1.807, 2.05) is 31.2 Å². The molecular weight excluding hydrogens is 348 g/mol. The number of nitrogens with one attached hydrogen (secondary N) is 1. The number of carbonyl (C=O) groups is 3. The van der Waals surface area contributed by atoms with Crippen LogP contribution in [-0.4, -0.2) is 48.1 Å². The summed E-state index contributed by atoms with van der Waals surface area (Å²) >= 11 is 0. The Kier molecular flexibility index (Phi) is 5.98. The van der Waals surface area contributed by atoms with Gasteiger partial charge in [0.25, 0.3) is 5.91 Å². The van der Waals surface area contributed by atoms with Crippen molar-refractivity contribution in [2.75, 3.05) is 19.8 Å². The Morgan fingerprint density at radius 2 is 1.85 bits per heavy atom. The molecule has 0 radical (unpaired) electrons. The Bertz CT molecular complexity index is 695. The fraction of sp³-hybridized carbons (Fsp3) is 0.550. The molecule has 27 heavy (non-hydrogen) atoms. The Morgan fingerprint density at radius 1 is 1.15 bits per heavy atom. The maximum absolute atomic E-state index is 12.5. The molecule has 1 aliphatic carbocycles. The molecule has 0 aromatic heterocycles. The van der Waals surface area contributed by atoms with Crippen LogP contribution in [0, 0.1) is 6.92 Å². The van der Waals surface area contributed by atoms with Crippen LogP contribution in [0.5, 0.6) is 5.75 Å². The summed E-state index contributed by atoms with van der Waals surface area (Å²) in [6.45, 7) is 2.68. The SMILES string of the molecule is Cc1ccc(OCCOC(=O)CCCN2C(=O)NC3(CCCC3)C2=O)cc1. The highest BCUT2D eigenvalue weighted by Gasteiger charge is 2.51. The zero-order valence-electron chi connectivity index (χ0n) is 15.7. The third kappa shape index (κ3) is 4.59. The summed E-state index contributed by atoms with van der Waals surface area (Å²) < 4.78 is 10.6. The number of ether oxygens (including phenoxy) is 2. The normalized spacial score (nSPS) is 18.0. The Morgan fingerprint density at radius 3 is 2.56 bits per heavy atom. The van der Waals surface area contributed by atoms with Gasteiger partial charge in [0, 0.05) is 13.0 Å². The van der Waals surface area contributed by atoms with Crippen molar-refractivity contribution in [3.05, 3.63) is 29.8 Å². The van der Waals surface area contributed by atoms with Crippen LogP contribution in [0.25, 0.3) is 0 Å². The minimum Gasteiger partial charge on any atom is -0.490 e. The van der Waals surface area contributed by atoms with Crippen LogP contribution in [0.15, 0.2) is 24.3 Å². The predicted molar refractivity (Wildman–Crippen MR) is 98.3 cm³/mol. The van der Waals surface area contributed by atoms with Gasteiger partial charge in [-0.1, -0.05) is 30.5 Å². The Labute approximate surface area is 159 Å². The predicted octanol–water partition coefficient (Wildman–Crippen LogP) is 2.56. The van der Waals surface area contributed by atoms with Crippen LogP contribution in [0.2, 0.25) is 0 Å². The zero-order chi connectivity index (χ0) is 19.3. The first kappa shape index (κ1) is 19.2. The van der Waals surface area contributed by atoms with E-state index in [-0.39, 0.29) is 44.1 Å². The van der Waals surface area contributed by atoms with Crippen LogP contribution in [0.4, 0.5) is 4.79 Å². The molecule has 1 saturated carbocycles. The second-order valence-corrected chi connectivity index (χ2v) is 7.16. The van der Waals surface area contributed by atoms with Crippen LogP contribution < -0.4 is 10.1 Å². The Balaban J connectivity index is 1.32. The van der Waals surface area contributed by atoms with E-state index in [0.717, 1.165) is 24.2 Å². The second kappa shape index (κ2) is 8.41. The first-order chi connectivity index (χ1) is 13.0. The minimum atomic E-state index is -0.690. The smallest absolute Gasteiger partial charge is 0.325 e. The molecule has 0 atom stereocenters. The molecule has 3 amide bonds. The zero-order valence-corrected chi connectivity index (χ0v) is 15.7. The van der Waals surface area contributed by atoms with Crippen molar-refractivity contribution in [1.82, 2.24) is 10.2 Å². The Hall–Kier alpha value is -2.57. The van der Waals surface area contributed by atoms with E-state index in [1.165, 1.54) is 4.90 Å². The van der Waals surface area contributed by atoms with Gasteiger partial charge < -0.3 is 14.8 Å². The highest BCUT2D eigenvalue weighted by Crippen LogP contribution is 2.35. The van der Waals surface area contributed by atoms with Gasteiger partial charge >= 0.3 is 12.0 Å². The average Bonchev–Trinajstić information content (AvgIpc) is 3.21. The fourth-order valence-corrected chi connectivity index (χ4v) is 3.60. The number of hydrogen-bond donors (Lipinski definition) is 1. The lowest BCUT2D eigenvalue weighted by Crippen LogP contribution is -2.44. The molecule has 1 aromatic carbocycles. The number of aryl methyl sites for hydroxylation is 1. The number of urea groups is 1. The summed E-state index contributed by atoms with van der Waals surface area (Å²) in [5.74, 6) is 0.228. The molecular formula is C20H26N2O5. The highest BCUT2D eigenvalue weighted by molar-refractivity contribution is 6.07. The summed E-state index contributed by atoms with van der Waals surface area (Å²) in [7, 11) is 0. The van der Waals surface area contributed by atoms with Crippen molar-refractivity contribution in [2.45, 2.75) is 51.0 Å².